The topological polar surface area (TPSA) is 68.2 Å². The molecule has 0 aliphatic carbocycles. The number of hydrogen-bond acceptors (Lipinski definition) is 4. The smallest absolute Gasteiger partial charge is 0.210 e. The third kappa shape index (κ3) is 4.47. The molecule has 1 N–H and O–H groups in total. The minimum Gasteiger partial charge on any atom is -0.341 e. The maximum absolute atomic E-state index is 13.7. The lowest BCUT2D eigenvalue weighted by molar-refractivity contribution is 0.101. The molecule has 0 saturated carbocycles. The molecule has 0 atom stereocenters. The second-order valence-corrected chi connectivity index (χ2v) is 9.92. The van der Waals surface area contributed by atoms with Crippen LogP contribution in [0.25, 0.3) is 0 Å². The molecule has 0 spiro atoms. The fourth-order valence-electron chi connectivity index (χ4n) is 3.89. The first-order chi connectivity index (χ1) is 15.8. The van der Waals surface area contributed by atoms with Crippen LogP contribution < -0.4 is 5.32 Å². The molecule has 4 aromatic rings. The first kappa shape index (κ1) is 22.6. The minimum atomic E-state index is -3.77. The van der Waals surface area contributed by atoms with Gasteiger partial charge < -0.3 is 9.88 Å². The highest BCUT2D eigenvalue weighted by molar-refractivity contribution is 7.91. The molecule has 0 amide bonds. The quantitative estimate of drug-likeness (QED) is 0.348. The zero-order valence-corrected chi connectivity index (χ0v) is 19.7. The zero-order chi connectivity index (χ0) is 23.6. The Morgan fingerprint density at radius 2 is 1.42 bits per heavy atom. The Balaban J connectivity index is 1.88. The maximum Gasteiger partial charge on any atom is 0.210 e. The Morgan fingerprint density at radius 1 is 0.848 bits per heavy atom. The van der Waals surface area contributed by atoms with Crippen LogP contribution in [0.5, 0.6) is 0 Å². The number of anilines is 2. The van der Waals surface area contributed by atoms with Crippen LogP contribution in [0.3, 0.4) is 0 Å². The summed E-state index contributed by atoms with van der Waals surface area (Å²) in [5.41, 5.74) is 3.95. The van der Waals surface area contributed by atoms with E-state index in [1.165, 1.54) is 6.92 Å². The van der Waals surface area contributed by atoms with Gasteiger partial charge in [-0.1, -0.05) is 48.5 Å². The number of carbonyl (C=O) groups is 1. The summed E-state index contributed by atoms with van der Waals surface area (Å²) in [5, 5.41) is 3.34. The third-order valence-corrected chi connectivity index (χ3v) is 7.76. The Morgan fingerprint density at radius 3 is 2.00 bits per heavy atom. The van der Waals surface area contributed by atoms with Crippen molar-refractivity contribution in [1.82, 2.24) is 4.57 Å². The number of benzene rings is 3. The highest BCUT2D eigenvalue weighted by Gasteiger charge is 2.29. The number of aromatic nitrogens is 1. The monoisotopic (exact) mass is 458 g/mol. The SMILES string of the molecule is CC(=O)c1ccc(Nc2c(S(=O)(=O)c3ccccc3)c(C)c(C)n2Cc2ccccc2)cc1. The third-order valence-electron chi connectivity index (χ3n) is 5.83. The van der Waals surface area contributed by atoms with Gasteiger partial charge in [0.25, 0.3) is 0 Å². The molecule has 3 aromatic carbocycles. The largest absolute Gasteiger partial charge is 0.341 e. The lowest BCUT2D eigenvalue weighted by atomic mass is 10.1. The van der Waals surface area contributed by atoms with Crippen LogP contribution in [0, 0.1) is 13.8 Å². The highest BCUT2D eigenvalue weighted by atomic mass is 32.2. The van der Waals surface area contributed by atoms with Crippen molar-refractivity contribution in [2.24, 2.45) is 0 Å². The van der Waals surface area contributed by atoms with Crippen molar-refractivity contribution < 1.29 is 13.2 Å². The van der Waals surface area contributed by atoms with E-state index in [-0.39, 0.29) is 15.6 Å². The Bertz CT molecular complexity index is 1390. The van der Waals surface area contributed by atoms with Gasteiger partial charge in [-0.3, -0.25) is 4.79 Å². The van der Waals surface area contributed by atoms with Crippen molar-refractivity contribution in [3.8, 4) is 0 Å². The molecular weight excluding hydrogens is 432 g/mol. The van der Waals surface area contributed by atoms with Crippen LogP contribution in [-0.4, -0.2) is 18.8 Å². The van der Waals surface area contributed by atoms with Crippen LogP contribution in [-0.2, 0) is 16.4 Å². The van der Waals surface area contributed by atoms with Crippen molar-refractivity contribution >= 4 is 27.1 Å². The summed E-state index contributed by atoms with van der Waals surface area (Å²) in [6, 6.07) is 25.5. The number of carbonyl (C=O) groups excluding carboxylic acids is 1. The van der Waals surface area contributed by atoms with E-state index in [0.717, 1.165) is 11.3 Å². The van der Waals surface area contributed by atoms with E-state index < -0.39 is 9.84 Å². The predicted octanol–water partition coefficient (Wildman–Crippen LogP) is 5.93. The summed E-state index contributed by atoms with van der Waals surface area (Å²) in [6.45, 7) is 5.82. The second kappa shape index (κ2) is 9.08. The average molecular weight is 459 g/mol. The van der Waals surface area contributed by atoms with Gasteiger partial charge in [0.15, 0.2) is 5.78 Å². The molecule has 6 heteroatoms. The summed E-state index contributed by atoms with van der Waals surface area (Å²) >= 11 is 0. The number of hydrogen-bond donors (Lipinski definition) is 1. The Hall–Kier alpha value is -3.64. The van der Waals surface area contributed by atoms with Crippen molar-refractivity contribution in [3.63, 3.8) is 0 Å². The number of nitrogens with zero attached hydrogens (tertiary/aromatic N) is 1. The van der Waals surface area contributed by atoms with Gasteiger partial charge in [-0.15, -0.1) is 0 Å². The fourth-order valence-corrected chi connectivity index (χ4v) is 5.61. The van der Waals surface area contributed by atoms with E-state index in [4.69, 9.17) is 0 Å². The second-order valence-electron chi connectivity index (χ2n) is 8.03. The Kier molecular flexibility index (Phi) is 6.20. The van der Waals surface area contributed by atoms with Gasteiger partial charge in [0, 0.05) is 23.5 Å². The molecule has 1 heterocycles. The predicted molar refractivity (Wildman–Crippen MR) is 131 cm³/mol. The van der Waals surface area contributed by atoms with E-state index in [2.05, 4.69) is 5.32 Å². The normalized spacial score (nSPS) is 11.4. The van der Waals surface area contributed by atoms with Crippen LogP contribution in [0.4, 0.5) is 11.5 Å². The molecule has 5 nitrogen and oxygen atoms in total. The van der Waals surface area contributed by atoms with E-state index >= 15 is 0 Å². The van der Waals surface area contributed by atoms with Crippen molar-refractivity contribution in [3.05, 3.63) is 107 Å². The van der Waals surface area contributed by atoms with E-state index in [1.807, 2.05) is 48.7 Å². The molecule has 0 saturated heterocycles. The van der Waals surface area contributed by atoms with Crippen LogP contribution in [0.15, 0.2) is 94.7 Å². The number of sulfone groups is 1. The minimum absolute atomic E-state index is 0.0203. The zero-order valence-electron chi connectivity index (χ0n) is 18.9. The standard InChI is InChI=1S/C27H26N2O3S/c1-19-20(2)29(18-22-10-6-4-7-11-22)27(28-24-16-14-23(15-17-24)21(3)30)26(19)33(31,32)25-12-8-5-9-13-25/h4-17,28H,18H2,1-3H3. The van der Waals surface area contributed by atoms with Crippen LogP contribution >= 0.6 is 0 Å². The number of ketones is 1. The summed E-state index contributed by atoms with van der Waals surface area (Å²) < 4.78 is 29.5. The molecule has 0 bridgehead atoms. The number of Topliss-reactive ketones (excluding diaryl/α,β-unsaturated/α-hetero) is 1. The number of nitrogens with one attached hydrogen (secondary N) is 1. The molecule has 1 aromatic heterocycles. The van der Waals surface area contributed by atoms with Gasteiger partial charge in [-0.2, -0.15) is 0 Å². The molecular formula is C27H26N2O3S. The molecule has 0 fully saturated rings. The van der Waals surface area contributed by atoms with Crippen molar-refractivity contribution in [1.29, 1.82) is 0 Å². The summed E-state index contributed by atoms with van der Waals surface area (Å²) in [5.74, 6) is 0.487. The van der Waals surface area contributed by atoms with Crippen molar-refractivity contribution in [2.45, 2.75) is 37.1 Å². The van der Waals surface area contributed by atoms with E-state index in [1.54, 1.807) is 54.6 Å². The van der Waals surface area contributed by atoms with Crippen LogP contribution in [0.2, 0.25) is 0 Å². The lowest BCUT2D eigenvalue weighted by Crippen LogP contribution is -2.10. The fraction of sp³-hybridized carbons (Fsp3) is 0.148. The first-order valence-corrected chi connectivity index (χ1v) is 12.2. The van der Waals surface area contributed by atoms with Gasteiger partial charge >= 0.3 is 0 Å². The number of rotatable bonds is 7. The molecule has 4 rings (SSSR count). The van der Waals surface area contributed by atoms with Gasteiger partial charge in [-0.25, -0.2) is 8.42 Å². The molecule has 0 aliphatic rings. The summed E-state index contributed by atoms with van der Waals surface area (Å²) in [7, 11) is -3.77. The first-order valence-electron chi connectivity index (χ1n) is 10.7. The van der Waals surface area contributed by atoms with Gasteiger partial charge in [-0.05, 0) is 68.3 Å². The van der Waals surface area contributed by atoms with Crippen LogP contribution in [0.1, 0.15) is 34.1 Å². The summed E-state index contributed by atoms with van der Waals surface area (Å²) in [6.07, 6.45) is 0. The average Bonchev–Trinajstić information content (AvgIpc) is 3.05. The van der Waals surface area contributed by atoms with Crippen molar-refractivity contribution in [2.75, 3.05) is 5.32 Å². The van der Waals surface area contributed by atoms with Gasteiger partial charge in [0.2, 0.25) is 9.84 Å². The lowest BCUT2D eigenvalue weighted by Gasteiger charge is -2.16. The summed E-state index contributed by atoms with van der Waals surface area (Å²) in [4.78, 5) is 12.2. The van der Waals surface area contributed by atoms with Gasteiger partial charge in [0.1, 0.15) is 10.7 Å². The van der Waals surface area contributed by atoms with E-state index in [0.29, 0.717) is 29.2 Å². The molecule has 33 heavy (non-hydrogen) atoms. The maximum atomic E-state index is 13.7. The molecule has 168 valence electrons. The Labute approximate surface area is 194 Å². The highest BCUT2D eigenvalue weighted by Crippen LogP contribution is 2.37. The molecule has 0 aliphatic heterocycles. The van der Waals surface area contributed by atoms with Gasteiger partial charge in [0.05, 0.1) is 4.90 Å². The molecule has 0 radical (unpaired) electrons. The molecule has 0 unspecified atom stereocenters. The van der Waals surface area contributed by atoms with E-state index in [9.17, 15) is 13.2 Å².